The summed E-state index contributed by atoms with van der Waals surface area (Å²) in [5.41, 5.74) is -4.28. The predicted molar refractivity (Wildman–Crippen MR) is 83.0 cm³/mol. The molecule has 2 aromatic rings. The first-order valence-corrected chi connectivity index (χ1v) is 8.26. The van der Waals surface area contributed by atoms with E-state index < -0.39 is 20.8 Å². The number of alkyl halides is 1. The minimum Gasteiger partial charge on any atom is -0.496 e. The highest BCUT2D eigenvalue weighted by Crippen LogP contribution is 2.38. The molecular formula is C16H18FNO3S. The van der Waals surface area contributed by atoms with Crippen molar-refractivity contribution in [3.63, 3.8) is 0 Å². The van der Waals surface area contributed by atoms with Crippen LogP contribution in [-0.2, 0) is 15.3 Å². The fourth-order valence-corrected chi connectivity index (χ4v) is 3.82. The number of benzene rings is 2. The van der Waals surface area contributed by atoms with Crippen LogP contribution in [-0.4, -0.2) is 21.9 Å². The Morgan fingerprint density at radius 3 is 2.32 bits per heavy atom. The zero-order valence-electron chi connectivity index (χ0n) is 12.3. The van der Waals surface area contributed by atoms with E-state index in [1.54, 1.807) is 36.4 Å². The molecule has 3 atom stereocenters. The lowest BCUT2D eigenvalue weighted by Gasteiger charge is -2.30. The molecule has 2 aromatic carbocycles. The Bertz CT molecular complexity index is 745. The van der Waals surface area contributed by atoms with Crippen molar-refractivity contribution in [3.05, 3.63) is 60.2 Å². The van der Waals surface area contributed by atoms with Gasteiger partial charge in [-0.1, -0.05) is 36.4 Å². The van der Waals surface area contributed by atoms with E-state index in [1.807, 2.05) is 0 Å². The highest BCUT2D eigenvalue weighted by atomic mass is 32.2. The van der Waals surface area contributed by atoms with Gasteiger partial charge in [0.15, 0.2) is 0 Å². The van der Waals surface area contributed by atoms with Crippen LogP contribution in [0.3, 0.4) is 0 Å². The maximum Gasteiger partial charge on any atom is 0.219 e. The van der Waals surface area contributed by atoms with Gasteiger partial charge in [-0.2, -0.15) is 0 Å². The third kappa shape index (κ3) is 2.84. The van der Waals surface area contributed by atoms with Crippen molar-refractivity contribution in [3.8, 4) is 5.75 Å². The van der Waals surface area contributed by atoms with E-state index >= 15 is 0 Å². The summed E-state index contributed by atoms with van der Waals surface area (Å²) in [5, 5.41) is 10.6. The van der Waals surface area contributed by atoms with E-state index in [0.717, 1.165) is 0 Å². The number of para-hydroxylation sites is 1. The summed E-state index contributed by atoms with van der Waals surface area (Å²) < 4.78 is 40.6. The zero-order chi connectivity index (χ0) is 16.4. The normalized spacial score (nSPS) is 18.0. The zero-order valence-corrected chi connectivity index (χ0v) is 13.1. The quantitative estimate of drug-likeness (QED) is 0.887. The summed E-state index contributed by atoms with van der Waals surface area (Å²) in [6.07, 6.45) is 0. The van der Waals surface area contributed by atoms with Crippen molar-refractivity contribution in [2.75, 3.05) is 7.11 Å². The molecule has 0 fully saturated rings. The minimum atomic E-state index is -3.84. The monoisotopic (exact) mass is 323 g/mol. The summed E-state index contributed by atoms with van der Waals surface area (Å²) in [5.74, 6) is 0.276. The first-order valence-electron chi connectivity index (χ1n) is 6.64. The Hall–Kier alpha value is -1.92. The van der Waals surface area contributed by atoms with Crippen LogP contribution in [0.1, 0.15) is 12.5 Å². The van der Waals surface area contributed by atoms with Crippen molar-refractivity contribution in [2.45, 2.75) is 22.9 Å². The van der Waals surface area contributed by atoms with Gasteiger partial charge in [0.1, 0.15) is 21.1 Å². The number of ether oxygens (including phenoxy) is 1. The summed E-state index contributed by atoms with van der Waals surface area (Å²) in [4.78, 5) is 0.0395. The van der Waals surface area contributed by atoms with Gasteiger partial charge in [-0.15, -0.1) is 0 Å². The first kappa shape index (κ1) is 16.5. The molecule has 2 N–H and O–H groups in total. The fraction of sp³-hybridized carbons (Fsp3) is 0.250. The third-order valence-electron chi connectivity index (χ3n) is 3.48. The molecule has 1 unspecified atom stereocenters. The number of rotatable bonds is 5. The van der Waals surface area contributed by atoms with Crippen molar-refractivity contribution >= 4 is 9.73 Å². The van der Waals surface area contributed by atoms with Crippen LogP contribution in [0, 0.1) is 4.78 Å². The Kier molecular flexibility index (Phi) is 4.53. The van der Waals surface area contributed by atoms with Crippen LogP contribution < -0.4 is 4.74 Å². The van der Waals surface area contributed by atoms with Gasteiger partial charge in [-0.25, -0.2) is 13.4 Å². The molecular weight excluding hydrogens is 305 g/mol. The van der Waals surface area contributed by atoms with E-state index in [2.05, 4.69) is 0 Å². The molecule has 0 amide bonds. The SMILES string of the molecule is COc1ccccc1[C@](C)(O)C(F)[S@](=N)(=O)c1ccccc1. The molecule has 6 heteroatoms. The molecule has 0 radical (unpaired) electrons. The summed E-state index contributed by atoms with van der Waals surface area (Å²) in [6.45, 7) is 1.20. The fourth-order valence-electron chi connectivity index (χ4n) is 2.25. The smallest absolute Gasteiger partial charge is 0.219 e. The maximum absolute atomic E-state index is 14.9. The molecule has 0 heterocycles. The number of hydrogen-bond donors (Lipinski definition) is 2. The number of nitrogens with one attached hydrogen (secondary N) is 1. The first-order chi connectivity index (χ1) is 10.3. The second-order valence-corrected chi connectivity index (χ2v) is 7.16. The number of methoxy groups -OCH3 is 1. The van der Waals surface area contributed by atoms with Crippen molar-refractivity contribution in [1.29, 1.82) is 4.78 Å². The maximum atomic E-state index is 14.9. The van der Waals surface area contributed by atoms with Gasteiger partial charge in [0, 0.05) is 5.56 Å². The molecule has 0 spiro atoms. The highest BCUT2D eigenvalue weighted by molar-refractivity contribution is 7.93. The Morgan fingerprint density at radius 1 is 1.18 bits per heavy atom. The van der Waals surface area contributed by atoms with Gasteiger partial charge < -0.3 is 9.84 Å². The topological polar surface area (TPSA) is 70.4 Å². The lowest BCUT2D eigenvalue weighted by molar-refractivity contribution is 0.00948. The standard InChI is InChI=1S/C16H18FNO3S/c1-16(19,13-10-6-7-11-14(13)21-2)15(17)22(18,20)12-8-4-3-5-9-12/h3-11,15,18-19H,1-2H3/t15?,16-,22+/m0/s1. The second kappa shape index (κ2) is 6.06. The van der Waals surface area contributed by atoms with E-state index in [9.17, 15) is 13.7 Å². The molecule has 0 aliphatic heterocycles. The molecule has 22 heavy (non-hydrogen) atoms. The lowest BCUT2D eigenvalue weighted by atomic mass is 9.96. The Morgan fingerprint density at radius 2 is 1.73 bits per heavy atom. The van der Waals surface area contributed by atoms with Crippen LogP contribution in [0.5, 0.6) is 5.75 Å². The molecule has 0 saturated carbocycles. The summed E-state index contributed by atoms with van der Waals surface area (Å²) in [7, 11) is -2.44. The molecule has 2 rings (SSSR count). The van der Waals surface area contributed by atoms with Crippen molar-refractivity contribution in [2.24, 2.45) is 0 Å². The average Bonchev–Trinajstić information content (AvgIpc) is 2.54. The summed E-state index contributed by atoms with van der Waals surface area (Å²) >= 11 is 0. The van der Waals surface area contributed by atoms with Crippen LogP contribution in [0.25, 0.3) is 0 Å². The Labute approximate surface area is 129 Å². The minimum absolute atomic E-state index is 0.0395. The molecule has 118 valence electrons. The van der Waals surface area contributed by atoms with Crippen LogP contribution in [0.4, 0.5) is 4.39 Å². The average molecular weight is 323 g/mol. The third-order valence-corrected chi connectivity index (χ3v) is 5.49. The van der Waals surface area contributed by atoms with Crippen molar-refractivity contribution < 1.29 is 18.4 Å². The second-order valence-electron chi connectivity index (χ2n) is 5.08. The van der Waals surface area contributed by atoms with Crippen LogP contribution in [0.2, 0.25) is 0 Å². The molecule has 0 aromatic heterocycles. The number of aliphatic hydroxyl groups is 1. The highest BCUT2D eigenvalue weighted by Gasteiger charge is 2.43. The predicted octanol–water partition coefficient (Wildman–Crippen LogP) is 3.30. The number of hydrogen-bond acceptors (Lipinski definition) is 4. The lowest BCUT2D eigenvalue weighted by Crippen LogP contribution is -2.39. The van der Waals surface area contributed by atoms with E-state index in [1.165, 1.54) is 32.2 Å². The van der Waals surface area contributed by atoms with Gasteiger partial charge in [0.25, 0.3) is 0 Å². The molecule has 4 nitrogen and oxygen atoms in total. The van der Waals surface area contributed by atoms with Crippen LogP contribution in [0.15, 0.2) is 59.5 Å². The Balaban J connectivity index is 2.49. The summed E-state index contributed by atoms with van der Waals surface area (Å²) in [6, 6.07) is 14.0. The van der Waals surface area contributed by atoms with Gasteiger partial charge in [-0.05, 0) is 25.1 Å². The molecule has 0 aliphatic carbocycles. The number of halogens is 1. The van der Waals surface area contributed by atoms with Gasteiger partial charge in [0.2, 0.25) is 5.50 Å². The van der Waals surface area contributed by atoms with Gasteiger partial charge in [0.05, 0.1) is 12.0 Å². The molecule has 0 saturated heterocycles. The van der Waals surface area contributed by atoms with Crippen LogP contribution >= 0.6 is 0 Å². The largest absolute Gasteiger partial charge is 0.496 e. The van der Waals surface area contributed by atoms with E-state index in [0.29, 0.717) is 0 Å². The van der Waals surface area contributed by atoms with Crippen molar-refractivity contribution in [1.82, 2.24) is 0 Å². The van der Waals surface area contributed by atoms with Gasteiger partial charge in [-0.3, -0.25) is 0 Å². The molecule has 0 bridgehead atoms. The molecule has 0 aliphatic rings. The van der Waals surface area contributed by atoms with E-state index in [-0.39, 0.29) is 16.2 Å². The van der Waals surface area contributed by atoms with Gasteiger partial charge >= 0.3 is 0 Å². The van der Waals surface area contributed by atoms with E-state index in [4.69, 9.17) is 9.52 Å².